The molecule has 3 aromatic rings. The van der Waals surface area contributed by atoms with Crippen molar-refractivity contribution in [2.45, 2.75) is 6.92 Å². The first kappa shape index (κ1) is 12.5. The SMILES string of the molecule is Cc1ccc(-c2ccccc2)c(-c2ccccc2O)c1. The lowest BCUT2D eigenvalue weighted by molar-refractivity contribution is 0.477. The molecule has 0 aliphatic carbocycles. The highest BCUT2D eigenvalue weighted by atomic mass is 16.3. The molecule has 1 N–H and O–H groups in total. The smallest absolute Gasteiger partial charge is 0.123 e. The van der Waals surface area contributed by atoms with E-state index in [9.17, 15) is 5.11 Å². The third-order valence-corrected chi connectivity index (χ3v) is 3.45. The Morgan fingerprint density at radius 1 is 0.650 bits per heavy atom. The van der Waals surface area contributed by atoms with Gasteiger partial charge in [0, 0.05) is 5.56 Å². The molecule has 0 fully saturated rings. The Balaban J connectivity index is 2.25. The summed E-state index contributed by atoms with van der Waals surface area (Å²) in [5.41, 5.74) is 5.41. The second kappa shape index (κ2) is 5.22. The van der Waals surface area contributed by atoms with Gasteiger partial charge in [-0.15, -0.1) is 0 Å². The molecule has 20 heavy (non-hydrogen) atoms. The van der Waals surface area contributed by atoms with Gasteiger partial charge in [0.25, 0.3) is 0 Å². The highest BCUT2D eigenvalue weighted by molar-refractivity contribution is 5.86. The van der Waals surface area contributed by atoms with Gasteiger partial charge in [-0.1, -0.05) is 72.3 Å². The van der Waals surface area contributed by atoms with E-state index in [4.69, 9.17) is 0 Å². The minimum Gasteiger partial charge on any atom is -0.507 e. The Labute approximate surface area is 119 Å². The summed E-state index contributed by atoms with van der Waals surface area (Å²) in [6.45, 7) is 2.07. The molecule has 0 aromatic heterocycles. The highest BCUT2D eigenvalue weighted by Gasteiger charge is 2.10. The van der Waals surface area contributed by atoms with E-state index in [1.165, 1.54) is 5.56 Å². The number of benzene rings is 3. The van der Waals surface area contributed by atoms with Crippen molar-refractivity contribution in [3.8, 4) is 28.0 Å². The predicted octanol–water partition coefficient (Wildman–Crippen LogP) is 5.03. The molecule has 0 saturated heterocycles. The molecule has 1 heteroatoms. The van der Waals surface area contributed by atoms with Crippen molar-refractivity contribution in [2.75, 3.05) is 0 Å². The largest absolute Gasteiger partial charge is 0.507 e. The summed E-state index contributed by atoms with van der Waals surface area (Å²) >= 11 is 0. The van der Waals surface area contributed by atoms with E-state index in [0.717, 1.165) is 22.3 Å². The second-order valence-electron chi connectivity index (χ2n) is 4.93. The molecule has 0 aliphatic rings. The van der Waals surface area contributed by atoms with Crippen LogP contribution < -0.4 is 0 Å². The first-order valence-corrected chi connectivity index (χ1v) is 6.70. The van der Waals surface area contributed by atoms with E-state index in [2.05, 4.69) is 37.3 Å². The van der Waals surface area contributed by atoms with Crippen LogP contribution in [0.5, 0.6) is 5.75 Å². The quantitative estimate of drug-likeness (QED) is 0.684. The summed E-state index contributed by atoms with van der Waals surface area (Å²) < 4.78 is 0. The average molecular weight is 260 g/mol. The predicted molar refractivity (Wildman–Crippen MR) is 83.7 cm³/mol. The number of phenols is 1. The normalized spacial score (nSPS) is 10.4. The highest BCUT2D eigenvalue weighted by Crippen LogP contribution is 2.37. The van der Waals surface area contributed by atoms with Gasteiger partial charge in [0.1, 0.15) is 5.75 Å². The van der Waals surface area contributed by atoms with Crippen LogP contribution in [0.1, 0.15) is 5.56 Å². The summed E-state index contributed by atoms with van der Waals surface area (Å²) in [5.74, 6) is 0.315. The number of aryl methyl sites for hydroxylation is 1. The molecule has 0 bridgehead atoms. The summed E-state index contributed by atoms with van der Waals surface area (Å²) in [6.07, 6.45) is 0. The van der Waals surface area contributed by atoms with Crippen molar-refractivity contribution in [2.24, 2.45) is 0 Å². The molecule has 0 unspecified atom stereocenters. The van der Waals surface area contributed by atoms with E-state index >= 15 is 0 Å². The van der Waals surface area contributed by atoms with Gasteiger partial charge in [-0.05, 0) is 29.7 Å². The Hall–Kier alpha value is -2.54. The molecule has 98 valence electrons. The van der Waals surface area contributed by atoms with Gasteiger partial charge in [-0.2, -0.15) is 0 Å². The molecule has 3 aromatic carbocycles. The molecule has 0 amide bonds. The lowest BCUT2D eigenvalue weighted by Gasteiger charge is -2.12. The van der Waals surface area contributed by atoms with Gasteiger partial charge >= 0.3 is 0 Å². The second-order valence-corrected chi connectivity index (χ2v) is 4.93. The maximum atomic E-state index is 10.1. The van der Waals surface area contributed by atoms with Crippen LogP contribution in [0.15, 0.2) is 72.8 Å². The molecule has 1 nitrogen and oxygen atoms in total. The number of hydrogen-bond acceptors (Lipinski definition) is 1. The van der Waals surface area contributed by atoms with Crippen LogP contribution in [0.4, 0.5) is 0 Å². The van der Waals surface area contributed by atoms with Crippen LogP contribution >= 0.6 is 0 Å². The monoisotopic (exact) mass is 260 g/mol. The third kappa shape index (κ3) is 2.30. The van der Waals surface area contributed by atoms with Crippen LogP contribution in [0.3, 0.4) is 0 Å². The Morgan fingerprint density at radius 3 is 2.10 bits per heavy atom. The third-order valence-electron chi connectivity index (χ3n) is 3.45. The van der Waals surface area contributed by atoms with Crippen LogP contribution in [0.2, 0.25) is 0 Å². The molecule has 3 rings (SSSR count). The number of hydrogen-bond donors (Lipinski definition) is 1. The molecule has 0 heterocycles. The minimum absolute atomic E-state index is 0.315. The zero-order valence-corrected chi connectivity index (χ0v) is 11.4. The summed E-state index contributed by atoms with van der Waals surface area (Å²) in [6, 6.07) is 24.1. The van der Waals surface area contributed by atoms with E-state index in [-0.39, 0.29) is 0 Å². The van der Waals surface area contributed by atoms with Gasteiger partial charge in [0.15, 0.2) is 0 Å². The molecule has 0 radical (unpaired) electrons. The topological polar surface area (TPSA) is 20.2 Å². The van der Waals surface area contributed by atoms with Crippen LogP contribution in [0.25, 0.3) is 22.3 Å². The van der Waals surface area contributed by atoms with Crippen molar-refractivity contribution in [1.29, 1.82) is 0 Å². The molecular weight excluding hydrogens is 244 g/mol. The first-order chi connectivity index (χ1) is 9.75. The van der Waals surface area contributed by atoms with Crippen LogP contribution in [-0.4, -0.2) is 5.11 Å². The molecule has 0 spiro atoms. The van der Waals surface area contributed by atoms with E-state index < -0.39 is 0 Å². The number of phenolic OH excluding ortho intramolecular Hbond substituents is 1. The lowest BCUT2D eigenvalue weighted by Crippen LogP contribution is -1.87. The number of aromatic hydroxyl groups is 1. The summed E-state index contributed by atoms with van der Waals surface area (Å²) in [5, 5.41) is 10.1. The number of para-hydroxylation sites is 1. The Bertz CT molecular complexity index is 730. The zero-order valence-electron chi connectivity index (χ0n) is 11.4. The van der Waals surface area contributed by atoms with E-state index in [1.807, 2.05) is 36.4 Å². The van der Waals surface area contributed by atoms with Gasteiger partial charge in [0.2, 0.25) is 0 Å². The summed E-state index contributed by atoms with van der Waals surface area (Å²) in [7, 11) is 0. The van der Waals surface area contributed by atoms with Gasteiger partial charge in [0.05, 0.1) is 0 Å². The van der Waals surface area contributed by atoms with Gasteiger partial charge < -0.3 is 5.11 Å². The van der Waals surface area contributed by atoms with Crippen molar-refractivity contribution in [1.82, 2.24) is 0 Å². The molecule has 0 atom stereocenters. The fourth-order valence-corrected chi connectivity index (χ4v) is 2.45. The van der Waals surface area contributed by atoms with Gasteiger partial charge in [-0.25, -0.2) is 0 Å². The fourth-order valence-electron chi connectivity index (χ4n) is 2.45. The molecular formula is C19H16O. The minimum atomic E-state index is 0.315. The van der Waals surface area contributed by atoms with Crippen molar-refractivity contribution in [3.05, 3.63) is 78.4 Å². The van der Waals surface area contributed by atoms with Crippen molar-refractivity contribution in [3.63, 3.8) is 0 Å². The first-order valence-electron chi connectivity index (χ1n) is 6.70. The Kier molecular flexibility index (Phi) is 3.26. The molecule has 0 aliphatic heterocycles. The van der Waals surface area contributed by atoms with E-state index in [1.54, 1.807) is 6.07 Å². The Morgan fingerprint density at radius 2 is 1.35 bits per heavy atom. The van der Waals surface area contributed by atoms with E-state index in [0.29, 0.717) is 5.75 Å². The van der Waals surface area contributed by atoms with Crippen LogP contribution in [-0.2, 0) is 0 Å². The maximum absolute atomic E-state index is 10.1. The average Bonchev–Trinajstić information content (AvgIpc) is 2.48. The van der Waals surface area contributed by atoms with Gasteiger partial charge in [-0.3, -0.25) is 0 Å². The maximum Gasteiger partial charge on any atom is 0.123 e. The van der Waals surface area contributed by atoms with Crippen molar-refractivity contribution < 1.29 is 5.11 Å². The summed E-state index contributed by atoms with van der Waals surface area (Å²) in [4.78, 5) is 0. The van der Waals surface area contributed by atoms with Crippen LogP contribution in [0, 0.1) is 6.92 Å². The lowest BCUT2D eigenvalue weighted by atomic mass is 9.92. The zero-order chi connectivity index (χ0) is 13.9. The number of rotatable bonds is 2. The fraction of sp³-hybridized carbons (Fsp3) is 0.0526. The molecule has 0 saturated carbocycles. The standard InChI is InChI=1S/C19H16O/c1-14-11-12-16(15-7-3-2-4-8-15)18(13-14)17-9-5-6-10-19(17)20/h2-13,20H,1H3. The van der Waals surface area contributed by atoms with Crippen molar-refractivity contribution >= 4 is 0 Å².